The minimum absolute atomic E-state index is 0.0384. The Kier molecular flexibility index (Phi) is 6.16. The number of esters is 1. The molecular weight excluding hydrogens is 411 g/mol. The number of hydrogen-bond acceptors (Lipinski definition) is 4. The SMILES string of the molecule is O=C(Cn1c(-c2ccccc2Cl)c(Cl)nc(Cl)c1=O)OCc1ccccc1. The molecule has 27 heavy (non-hydrogen) atoms. The van der Waals surface area contributed by atoms with Crippen LogP contribution in [0.3, 0.4) is 0 Å². The Morgan fingerprint density at radius 2 is 1.63 bits per heavy atom. The second-order valence-electron chi connectivity index (χ2n) is 5.56. The quantitative estimate of drug-likeness (QED) is 0.562. The molecule has 0 unspecified atom stereocenters. The van der Waals surface area contributed by atoms with E-state index in [1.807, 2.05) is 30.3 Å². The number of rotatable bonds is 5. The van der Waals surface area contributed by atoms with E-state index in [1.165, 1.54) is 0 Å². The van der Waals surface area contributed by atoms with Crippen LogP contribution in [-0.2, 0) is 22.7 Å². The third-order valence-corrected chi connectivity index (χ3v) is 4.58. The van der Waals surface area contributed by atoms with E-state index in [0.29, 0.717) is 10.6 Å². The van der Waals surface area contributed by atoms with Crippen LogP contribution in [0.25, 0.3) is 11.3 Å². The van der Waals surface area contributed by atoms with Gasteiger partial charge in [0.15, 0.2) is 10.3 Å². The highest BCUT2D eigenvalue weighted by atomic mass is 35.5. The van der Waals surface area contributed by atoms with Crippen LogP contribution in [0, 0.1) is 0 Å². The summed E-state index contributed by atoms with van der Waals surface area (Å²) in [6, 6.07) is 16.0. The van der Waals surface area contributed by atoms with Crippen molar-refractivity contribution in [3.63, 3.8) is 0 Å². The van der Waals surface area contributed by atoms with Crippen molar-refractivity contribution in [2.45, 2.75) is 13.2 Å². The summed E-state index contributed by atoms with van der Waals surface area (Å²) in [6.07, 6.45) is 0. The monoisotopic (exact) mass is 422 g/mol. The highest BCUT2D eigenvalue weighted by molar-refractivity contribution is 6.36. The molecule has 0 saturated carbocycles. The van der Waals surface area contributed by atoms with Gasteiger partial charge in [-0.3, -0.25) is 14.2 Å². The summed E-state index contributed by atoms with van der Waals surface area (Å²) in [5.41, 5.74) is 0.831. The maximum absolute atomic E-state index is 12.5. The van der Waals surface area contributed by atoms with E-state index in [1.54, 1.807) is 24.3 Å². The summed E-state index contributed by atoms with van der Waals surface area (Å²) in [5.74, 6) is -0.618. The van der Waals surface area contributed by atoms with Gasteiger partial charge in [-0.2, -0.15) is 0 Å². The zero-order valence-corrected chi connectivity index (χ0v) is 16.1. The van der Waals surface area contributed by atoms with E-state index in [2.05, 4.69) is 4.98 Å². The molecule has 0 atom stereocenters. The summed E-state index contributed by atoms with van der Waals surface area (Å²) >= 11 is 18.3. The van der Waals surface area contributed by atoms with Gasteiger partial charge in [0.05, 0.1) is 5.69 Å². The van der Waals surface area contributed by atoms with Gasteiger partial charge in [-0.1, -0.05) is 83.3 Å². The molecule has 0 radical (unpaired) electrons. The van der Waals surface area contributed by atoms with Gasteiger partial charge < -0.3 is 4.74 Å². The second-order valence-corrected chi connectivity index (χ2v) is 6.68. The average molecular weight is 424 g/mol. The van der Waals surface area contributed by atoms with Gasteiger partial charge in [0.1, 0.15) is 13.2 Å². The molecule has 1 aromatic heterocycles. The van der Waals surface area contributed by atoms with Gasteiger partial charge in [0.25, 0.3) is 5.56 Å². The van der Waals surface area contributed by atoms with Crippen LogP contribution in [0.1, 0.15) is 5.56 Å². The van der Waals surface area contributed by atoms with Crippen molar-refractivity contribution in [1.82, 2.24) is 9.55 Å². The molecule has 0 aliphatic heterocycles. The lowest BCUT2D eigenvalue weighted by Gasteiger charge is -2.15. The van der Waals surface area contributed by atoms with Crippen molar-refractivity contribution >= 4 is 40.8 Å². The van der Waals surface area contributed by atoms with Crippen LogP contribution in [0.4, 0.5) is 0 Å². The minimum atomic E-state index is -0.660. The Labute approximate surface area is 170 Å². The molecular formula is C19H13Cl3N2O3. The first-order chi connectivity index (χ1) is 13.0. The van der Waals surface area contributed by atoms with E-state index in [4.69, 9.17) is 39.5 Å². The maximum Gasteiger partial charge on any atom is 0.326 e. The summed E-state index contributed by atoms with van der Waals surface area (Å²) in [6.45, 7) is -0.295. The van der Waals surface area contributed by atoms with Crippen LogP contribution in [0.5, 0.6) is 0 Å². The Bertz CT molecular complexity index is 1040. The fourth-order valence-corrected chi connectivity index (χ4v) is 3.23. The molecule has 0 fully saturated rings. The van der Waals surface area contributed by atoms with Crippen molar-refractivity contribution in [3.05, 3.63) is 85.8 Å². The molecule has 8 heteroatoms. The third-order valence-electron chi connectivity index (χ3n) is 3.74. The predicted octanol–water partition coefficient (Wildman–Crippen LogP) is 4.61. The van der Waals surface area contributed by atoms with Gasteiger partial charge in [0.2, 0.25) is 0 Å². The maximum atomic E-state index is 12.5. The van der Waals surface area contributed by atoms with Crippen LogP contribution in [-0.4, -0.2) is 15.5 Å². The van der Waals surface area contributed by atoms with Crippen LogP contribution >= 0.6 is 34.8 Å². The van der Waals surface area contributed by atoms with E-state index < -0.39 is 11.5 Å². The van der Waals surface area contributed by atoms with E-state index in [0.717, 1.165) is 10.1 Å². The van der Waals surface area contributed by atoms with Crippen LogP contribution in [0.2, 0.25) is 15.3 Å². The molecule has 3 aromatic rings. The molecule has 2 aromatic carbocycles. The molecule has 0 N–H and O–H groups in total. The summed E-state index contributed by atoms with van der Waals surface area (Å²) in [7, 11) is 0. The van der Waals surface area contributed by atoms with Gasteiger partial charge in [-0.25, -0.2) is 4.98 Å². The smallest absolute Gasteiger partial charge is 0.326 e. The summed E-state index contributed by atoms with van der Waals surface area (Å²) < 4.78 is 6.37. The zero-order valence-electron chi connectivity index (χ0n) is 13.9. The molecule has 0 bridgehead atoms. The highest BCUT2D eigenvalue weighted by Gasteiger charge is 2.20. The van der Waals surface area contributed by atoms with E-state index in [-0.39, 0.29) is 29.2 Å². The van der Waals surface area contributed by atoms with Crippen molar-refractivity contribution in [2.75, 3.05) is 0 Å². The molecule has 1 heterocycles. The second kappa shape index (κ2) is 8.57. The first-order valence-electron chi connectivity index (χ1n) is 7.87. The van der Waals surface area contributed by atoms with Crippen molar-refractivity contribution in [2.24, 2.45) is 0 Å². The molecule has 138 valence electrons. The number of aromatic nitrogens is 2. The largest absolute Gasteiger partial charge is 0.459 e. The van der Waals surface area contributed by atoms with Crippen molar-refractivity contribution in [3.8, 4) is 11.3 Å². The first-order valence-corrected chi connectivity index (χ1v) is 9.01. The lowest BCUT2D eigenvalue weighted by Crippen LogP contribution is -2.28. The highest BCUT2D eigenvalue weighted by Crippen LogP contribution is 2.31. The Morgan fingerprint density at radius 3 is 2.33 bits per heavy atom. The Morgan fingerprint density at radius 1 is 0.963 bits per heavy atom. The third kappa shape index (κ3) is 4.50. The van der Waals surface area contributed by atoms with E-state index >= 15 is 0 Å². The Balaban J connectivity index is 1.93. The molecule has 0 aliphatic carbocycles. The molecule has 0 spiro atoms. The fraction of sp³-hybridized carbons (Fsp3) is 0.105. The molecule has 0 aliphatic rings. The topological polar surface area (TPSA) is 61.2 Å². The first kappa shape index (κ1) is 19.4. The van der Waals surface area contributed by atoms with Gasteiger partial charge >= 0.3 is 5.97 Å². The number of carbonyl (C=O) groups excluding carboxylic acids is 1. The summed E-state index contributed by atoms with van der Waals surface area (Å²) in [4.78, 5) is 28.6. The number of nitrogens with zero attached hydrogens (tertiary/aromatic N) is 2. The number of carbonyl (C=O) groups is 1. The van der Waals surface area contributed by atoms with Crippen molar-refractivity contribution < 1.29 is 9.53 Å². The molecule has 0 amide bonds. The van der Waals surface area contributed by atoms with E-state index in [9.17, 15) is 9.59 Å². The van der Waals surface area contributed by atoms with Crippen LogP contribution in [0.15, 0.2) is 59.4 Å². The minimum Gasteiger partial charge on any atom is -0.459 e. The van der Waals surface area contributed by atoms with Gasteiger partial charge in [-0.05, 0) is 11.6 Å². The number of ether oxygens (including phenoxy) is 1. The number of benzene rings is 2. The number of halogens is 3. The standard InChI is InChI=1S/C19H13Cl3N2O3/c20-14-9-5-4-8-13(14)16-17(21)23-18(22)19(26)24(16)10-15(25)27-11-12-6-2-1-3-7-12/h1-9H,10-11H2. The molecule has 5 nitrogen and oxygen atoms in total. The molecule has 0 saturated heterocycles. The molecule has 3 rings (SSSR count). The normalized spacial score (nSPS) is 10.6. The van der Waals surface area contributed by atoms with Crippen molar-refractivity contribution in [1.29, 1.82) is 0 Å². The lowest BCUT2D eigenvalue weighted by atomic mass is 10.1. The predicted molar refractivity (Wildman–Crippen MR) is 105 cm³/mol. The van der Waals surface area contributed by atoms with Gasteiger partial charge in [-0.15, -0.1) is 0 Å². The van der Waals surface area contributed by atoms with Crippen LogP contribution < -0.4 is 5.56 Å². The number of hydrogen-bond donors (Lipinski definition) is 0. The lowest BCUT2D eigenvalue weighted by molar-refractivity contribution is -0.145. The zero-order chi connectivity index (χ0) is 19.4. The summed E-state index contributed by atoms with van der Waals surface area (Å²) in [5, 5.41) is -0.0236. The average Bonchev–Trinajstić information content (AvgIpc) is 2.66. The fourth-order valence-electron chi connectivity index (χ4n) is 2.48. The Hall–Kier alpha value is -2.34. The van der Waals surface area contributed by atoms with Gasteiger partial charge in [0, 0.05) is 10.6 Å².